The van der Waals surface area contributed by atoms with Crippen LogP contribution in [0.15, 0.2) is 0 Å². The van der Waals surface area contributed by atoms with Crippen molar-refractivity contribution in [1.82, 2.24) is 15.1 Å². The maximum absolute atomic E-state index is 12.6. The number of nitrogens with zero attached hydrogens (tertiary/aromatic N) is 2. The minimum absolute atomic E-state index is 0.00284. The summed E-state index contributed by atoms with van der Waals surface area (Å²) in [4.78, 5) is 52.1. The van der Waals surface area contributed by atoms with E-state index in [0.29, 0.717) is 25.9 Å². The summed E-state index contributed by atoms with van der Waals surface area (Å²) in [5, 5.41) is 2.65. The fourth-order valence-corrected chi connectivity index (χ4v) is 3.82. The van der Waals surface area contributed by atoms with Gasteiger partial charge in [0.15, 0.2) is 0 Å². The Labute approximate surface area is 166 Å². The molecule has 0 aromatic rings. The van der Waals surface area contributed by atoms with Gasteiger partial charge in [-0.15, -0.1) is 0 Å². The van der Waals surface area contributed by atoms with Gasteiger partial charge < -0.3 is 19.9 Å². The summed E-state index contributed by atoms with van der Waals surface area (Å²) < 4.78 is 4.79. The molecule has 28 heavy (non-hydrogen) atoms. The van der Waals surface area contributed by atoms with E-state index in [1.165, 1.54) is 6.42 Å². The highest BCUT2D eigenvalue weighted by Gasteiger charge is 2.32. The van der Waals surface area contributed by atoms with Crippen LogP contribution in [-0.2, 0) is 23.9 Å². The smallest absolute Gasteiger partial charge is 0.306 e. The number of rotatable bonds is 7. The van der Waals surface area contributed by atoms with Gasteiger partial charge in [-0.3, -0.25) is 19.2 Å². The average Bonchev–Trinajstić information content (AvgIpc) is 2.72. The number of esters is 1. The Hall–Kier alpha value is -2.12. The number of amides is 3. The molecule has 1 N–H and O–H groups in total. The second kappa shape index (κ2) is 11.0. The molecule has 2 rings (SSSR count). The van der Waals surface area contributed by atoms with Crippen LogP contribution in [0.5, 0.6) is 0 Å². The number of hydrogen-bond acceptors (Lipinski definition) is 5. The van der Waals surface area contributed by atoms with E-state index in [9.17, 15) is 19.2 Å². The number of carbonyl (C=O) groups excluding carboxylic acids is 4. The van der Waals surface area contributed by atoms with Gasteiger partial charge in [0.05, 0.1) is 13.0 Å². The summed E-state index contributed by atoms with van der Waals surface area (Å²) in [6, 6.07) is -0.649. The predicted octanol–water partition coefficient (Wildman–Crippen LogP) is 1.09. The Balaban J connectivity index is 1.72. The molecule has 3 amide bonds. The van der Waals surface area contributed by atoms with Crippen LogP contribution in [0.3, 0.4) is 0 Å². The number of piperidine rings is 2. The molecule has 2 aliphatic heterocycles. The van der Waals surface area contributed by atoms with Crippen LogP contribution >= 0.6 is 0 Å². The van der Waals surface area contributed by atoms with Gasteiger partial charge in [0.1, 0.15) is 6.04 Å². The molecule has 1 atom stereocenters. The normalized spacial score (nSPS) is 19.1. The third-order valence-electron chi connectivity index (χ3n) is 5.43. The second-order valence-electron chi connectivity index (χ2n) is 7.58. The lowest BCUT2D eigenvalue weighted by atomic mass is 9.94. The first-order valence-corrected chi connectivity index (χ1v) is 10.4. The molecule has 158 valence electrons. The molecule has 2 aliphatic rings. The second-order valence-corrected chi connectivity index (χ2v) is 7.58. The topological polar surface area (TPSA) is 96.0 Å². The van der Waals surface area contributed by atoms with Crippen molar-refractivity contribution in [2.45, 2.75) is 64.8 Å². The number of ether oxygens (including phenoxy) is 1. The van der Waals surface area contributed by atoms with Crippen LogP contribution in [0.1, 0.15) is 58.8 Å². The molecule has 0 saturated carbocycles. The van der Waals surface area contributed by atoms with Crippen molar-refractivity contribution in [3.05, 3.63) is 0 Å². The van der Waals surface area contributed by atoms with E-state index < -0.39 is 12.0 Å². The third-order valence-corrected chi connectivity index (χ3v) is 5.43. The van der Waals surface area contributed by atoms with Crippen molar-refractivity contribution in [3.8, 4) is 0 Å². The van der Waals surface area contributed by atoms with Gasteiger partial charge in [-0.05, 0) is 46.0 Å². The van der Waals surface area contributed by atoms with Crippen molar-refractivity contribution < 1.29 is 23.9 Å². The maximum atomic E-state index is 12.6. The first-order valence-electron chi connectivity index (χ1n) is 10.4. The minimum atomic E-state index is -0.649. The van der Waals surface area contributed by atoms with Gasteiger partial charge in [0.25, 0.3) is 0 Å². The minimum Gasteiger partial charge on any atom is -0.466 e. The molecule has 2 heterocycles. The van der Waals surface area contributed by atoms with Crippen LogP contribution in [0.25, 0.3) is 0 Å². The quantitative estimate of drug-likeness (QED) is 0.651. The van der Waals surface area contributed by atoms with E-state index in [1.54, 1.807) is 18.7 Å². The van der Waals surface area contributed by atoms with E-state index in [2.05, 4.69) is 5.32 Å². The highest BCUT2D eigenvalue weighted by Crippen LogP contribution is 2.22. The summed E-state index contributed by atoms with van der Waals surface area (Å²) in [5.41, 5.74) is 0. The largest absolute Gasteiger partial charge is 0.466 e. The van der Waals surface area contributed by atoms with Crippen LogP contribution < -0.4 is 5.32 Å². The molecule has 0 aliphatic carbocycles. The Bertz CT molecular complexity index is 566. The standard InChI is InChI=1S/C20H33N3O5/c1-3-28-18(25)8-7-17(24)21-15(2)19(26)23-13-9-16(10-14-23)20(27)22-11-5-4-6-12-22/h15-16H,3-14H2,1-2H3,(H,21,24)/t15-/m0/s1. The SMILES string of the molecule is CCOC(=O)CCC(=O)N[C@@H](C)C(=O)N1CCC(C(=O)N2CCCCC2)CC1. The van der Waals surface area contributed by atoms with Gasteiger partial charge in [-0.25, -0.2) is 0 Å². The summed E-state index contributed by atoms with van der Waals surface area (Å²) in [7, 11) is 0. The van der Waals surface area contributed by atoms with Crippen molar-refractivity contribution in [3.63, 3.8) is 0 Å². The zero-order valence-corrected chi connectivity index (χ0v) is 17.1. The lowest BCUT2D eigenvalue weighted by molar-refractivity contribution is -0.145. The van der Waals surface area contributed by atoms with Crippen LogP contribution in [0.4, 0.5) is 0 Å². The predicted molar refractivity (Wildman–Crippen MR) is 103 cm³/mol. The number of nitrogens with one attached hydrogen (secondary N) is 1. The lowest BCUT2D eigenvalue weighted by Crippen LogP contribution is -2.51. The molecule has 0 aromatic heterocycles. The van der Waals surface area contributed by atoms with Crippen LogP contribution in [0.2, 0.25) is 0 Å². The van der Waals surface area contributed by atoms with E-state index in [-0.39, 0.29) is 43.1 Å². The molecule has 8 heteroatoms. The number of likely N-dealkylation sites (tertiary alicyclic amines) is 2. The monoisotopic (exact) mass is 395 g/mol. The summed E-state index contributed by atoms with van der Waals surface area (Å²) >= 11 is 0. The highest BCUT2D eigenvalue weighted by atomic mass is 16.5. The van der Waals surface area contributed by atoms with Gasteiger partial charge in [-0.2, -0.15) is 0 Å². The Kier molecular flexibility index (Phi) is 8.73. The summed E-state index contributed by atoms with van der Waals surface area (Å²) in [6.07, 6.45) is 4.70. The first kappa shape index (κ1) is 22.2. The van der Waals surface area contributed by atoms with Crippen molar-refractivity contribution in [2.24, 2.45) is 5.92 Å². The molecule has 2 fully saturated rings. The highest BCUT2D eigenvalue weighted by molar-refractivity contribution is 5.88. The Morgan fingerprint density at radius 2 is 1.61 bits per heavy atom. The molecule has 0 spiro atoms. The molecular weight excluding hydrogens is 362 g/mol. The molecule has 2 saturated heterocycles. The third kappa shape index (κ3) is 6.49. The van der Waals surface area contributed by atoms with Gasteiger partial charge in [0.2, 0.25) is 17.7 Å². The van der Waals surface area contributed by atoms with Crippen molar-refractivity contribution >= 4 is 23.7 Å². The fourth-order valence-electron chi connectivity index (χ4n) is 3.82. The Morgan fingerprint density at radius 3 is 2.21 bits per heavy atom. The van der Waals surface area contributed by atoms with Crippen molar-refractivity contribution in [1.29, 1.82) is 0 Å². The number of hydrogen-bond donors (Lipinski definition) is 1. The molecular formula is C20H33N3O5. The van der Waals surface area contributed by atoms with Gasteiger partial charge >= 0.3 is 5.97 Å². The van der Waals surface area contributed by atoms with E-state index in [1.807, 2.05) is 4.90 Å². The van der Waals surface area contributed by atoms with Gasteiger partial charge in [-0.1, -0.05) is 0 Å². The molecule has 0 radical (unpaired) electrons. The first-order chi connectivity index (χ1) is 13.4. The Morgan fingerprint density at radius 1 is 0.964 bits per heavy atom. The summed E-state index contributed by atoms with van der Waals surface area (Å²) in [6.45, 7) is 6.42. The maximum Gasteiger partial charge on any atom is 0.306 e. The summed E-state index contributed by atoms with van der Waals surface area (Å²) in [5.74, 6) is -0.682. The molecule has 8 nitrogen and oxygen atoms in total. The van der Waals surface area contributed by atoms with Gasteiger partial charge in [0, 0.05) is 38.5 Å². The van der Waals surface area contributed by atoms with E-state index >= 15 is 0 Å². The van der Waals surface area contributed by atoms with Crippen LogP contribution in [0, 0.1) is 5.92 Å². The van der Waals surface area contributed by atoms with E-state index in [0.717, 1.165) is 25.9 Å². The van der Waals surface area contributed by atoms with Crippen LogP contribution in [-0.4, -0.2) is 72.3 Å². The number of carbonyl (C=O) groups is 4. The molecule has 0 aromatic carbocycles. The van der Waals surface area contributed by atoms with Crippen molar-refractivity contribution in [2.75, 3.05) is 32.8 Å². The zero-order valence-electron chi connectivity index (χ0n) is 17.1. The van der Waals surface area contributed by atoms with E-state index in [4.69, 9.17) is 4.74 Å². The molecule has 0 unspecified atom stereocenters. The average molecular weight is 396 g/mol. The molecule has 0 bridgehead atoms. The fraction of sp³-hybridized carbons (Fsp3) is 0.800. The lowest BCUT2D eigenvalue weighted by Gasteiger charge is -2.36. The zero-order chi connectivity index (χ0) is 20.5.